The molecule has 2 N–H and O–H groups in total. The van der Waals surface area contributed by atoms with Crippen LogP contribution in [0.5, 0.6) is 0 Å². The summed E-state index contributed by atoms with van der Waals surface area (Å²) in [6.07, 6.45) is 3.29. The maximum absolute atomic E-state index is 12.9. The first-order valence-corrected chi connectivity index (χ1v) is 13.8. The van der Waals surface area contributed by atoms with Gasteiger partial charge in [-0.2, -0.15) is 5.10 Å². The number of nitrogens with one attached hydrogen (secondary N) is 2. The molecule has 0 spiro atoms. The Hall–Kier alpha value is -3.88. The number of piperazine rings is 1. The first kappa shape index (κ1) is 28.1. The molecule has 3 heterocycles. The van der Waals surface area contributed by atoms with E-state index in [1.807, 2.05) is 54.3 Å². The summed E-state index contributed by atoms with van der Waals surface area (Å²) in [4.78, 5) is 34.1. The van der Waals surface area contributed by atoms with Gasteiger partial charge in [-0.1, -0.05) is 58.7 Å². The van der Waals surface area contributed by atoms with Crippen molar-refractivity contribution >= 4 is 29.3 Å². The minimum atomic E-state index is -0.369. The summed E-state index contributed by atoms with van der Waals surface area (Å²) in [6, 6.07) is 13.3. The molecule has 4 rings (SSSR count). The van der Waals surface area contributed by atoms with Crippen LogP contribution in [0, 0.1) is 12.8 Å². The van der Waals surface area contributed by atoms with Gasteiger partial charge in [-0.05, 0) is 37.1 Å². The largest absolute Gasteiger partial charge is 0.353 e. The number of carbonyl (C=O) groups excluding carboxylic acids is 2. The zero-order valence-corrected chi connectivity index (χ0v) is 24.0. The molecule has 1 aliphatic rings. The van der Waals surface area contributed by atoms with Crippen molar-refractivity contribution in [1.29, 1.82) is 0 Å². The first-order valence-electron chi connectivity index (χ1n) is 13.8. The number of hydrogen-bond acceptors (Lipinski definition) is 5. The van der Waals surface area contributed by atoms with E-state index < -0.39 is 0 Å². The summed E-state index contributed by atoms with van der Waals surface area (Å²) in [5.74, 6) is 2.08. The molecule has 1 saturated heterocycles. The van der Waals surface area contributed by atoms with E-state index in [1.165, 1.54) is 0 Å². The van der Waals surface area contributed by atoms with Crippen LogP contribution in [0.3, 0.4) is 0 Å². The van der Waals surface area contributed by atoms with Crippen LogP contribution in [-0.2, 0) is 10.2 Å². The van der Waals surface area contributed by atoms with Gasteiger partial charge in [-0.3, -0.25) is 10.1 Å². The van der Waals surface area contributed by atoms with Crippen LogP contribution in [-0.4, -0.2) is 57.8 Å². The topological polar surface area (TPSA) is 95.4 Å². The van der Waals surface area contributed by atoms with Gasteiger partial charge in [0, 0.05) is 44.1 Å². The number of anilines is 3. The highest BCUT2D eigenvalue weighted by Gasteiger charge is 2.24. The number of benzene rings is 1. The molecule has 0 aliphatic carbocycles. The van der Waals surface area contributed by atoms with E-state index in [0.717, 1.165) is 42.3 Å². The van der Waals surface area contributed by atoms with Crippen molar-refractivity contribution < 1.29 is 9.59 Å². The summed E-state index contributed by atoms with van der Waals surface area (Å²) in [5.41, 5.74) is 3.33. The SMILES string of the molecule is CCC(C)CC(=O)N1CCN(c2ccc(NC(=O)Nc3cc(C(C)(C)C)nn3-c3ccc(C)cc3)cn2)CC1. The molecule has 0 bridgehead atoms. The lowest BCUT2D eigenvalue weighted by Crippen LogP contribution is -2.49. The Bertz CT molecular complexity index is 1270. The fourth-order valence-corrected chi connectivity index (χ4v) is 4.40. The third kappa shape index (κ3) is 7.16. The van der Waals surface area contributed by atoms with Crippen molar-refractivity contribution in [3.05, 3.63) is 59.9 Å². The molecule has 3 amide bonds. The van der Waals surface area contributed by atoms with Crippen LogP contribution in [0.4, 0.5) is 22.1 Å². The van der Waals surface area contributed by atoms with E-state index in [1.54, 1.807) is 10.9 Å². The Morgan fingerprint density at radius 2 is 1.69 bits per heavy atom. The summed E-state index contributed by atoms with van der Waals surface area (Å²) in [5, 5.41) is 10.6. The minimum absolute atomic E-state index is 0.171. The molecular weight excluding hydrogens is 490 g/mol. The quantitative estimate of drug-likeness (QED) is 0.414. The molecule has 2 aromatic heterocycles. The van der Waals surface area contributed by atoms with Crippen LogP contribution in [0.15, 0.2) is 48.7 Å². The number of hydrogen-bond donors (Lipinski definition) is 2. The van der Waals surface area contributed by atoms with Crippen molar-refractivity contribution in [2.24, 2.45) is 5.92 Å². The molecular formula is C30H41N7O2. The predicted octanol–water partition coefficient (Wildman–Crippen LogP) is 5.60. The number of carbonyl (C=O) groups is 2. The van der Waals surface area contributed by atoms with Crippen molar-refractivity contribution in [3.63, 3.8) is 0 Å². The van der Waals surface area contributed by atoms with Gasteiger partial charge in [-0.15, -0.1) is 0 Å². The second kappa shape index (κ2) is 11.9. The molecule has 208 valence electrons. The zero-order chi connectivity index (χ0) is 28.2. The summed E-state index contributed by atoms with van der Waals surface area (Å²) in [6.45, 7) is 15.4. The molecule has 39 heavy (non-hydrogen) atoms. The van der Waals surface area contributed by atoms with Crippen LogP contribution >= 0.6 is 0 Å². The first-order chi connectivity index (χ1) is 18.5. The molecule has 1 aliphatic heterocycles. The summed E-state index contributed by atoms with van der Waals surface area (Å²) in [7, 11) is 0. The molecule has 1 unspecified atom stereocenters. The van der Waals surface area contributed by atoms with E-state index in [-0.39, 0.29) is 17.4 Å². The lowest BCUT2D eigenvalue weighted by molar-refractivity contribution is -0.132. The highest BCUT2D eigenvalue weighted by Crippen LogP contribution is 2.27. The molecule has 1 atom stereocenters. The van der Waals surface area contributed by atoms with Gasteiger partial charge >= 0.3 is 6.03 Å². The second-order valence-electron chi connectivity index (χ2n) is 11.5. The van der Waals surface area contributed by atoms with Crippen LogP contribution in [0.25, 0.3) is 5.69 Å². The van der Waals surface area contributed by atoms with E-state index in [2.05, 4.69) is 55.1 Å². The van der Waals surface area contributed by atoms with Crippen molar-refractivity contribution in [2.45, 2.75) is 59.8 Å². The number of pyridine rings is 1. The maximum Gasteiger partial charge on any atom is 0.324 e. The van der Waals surface area contributed by atoms with Crippen molar-refractivity contribution in [1.82, 2.24) is 19.7 Å². The van der Waals surface area contributed by atoms with Crippen LogP contribution in [0.1, 0.15) is 58.7 Å². The van der Waals surface area contributed by atoms with Gasteiger partial charge in [0.2, 0.25) is 5.91 Å². The van der Waals surface area contributed by atoms with Gasteiger partial charge in [0.15, 0.2) is 0 Å². The molecule has 1 aromatic carbocycles. The number of aromatic nitrogens is 3. The van der Waals surface area contributed by atoms with E-state index >= 15 is 0 Å². The minimum Gasteiger partial charge on any atom is -0.353 e. The fourth-order valence-electron chi connectivity index (χ4n) is 4.40. The van der Waals surface area contributed by atoms with Gasteiger partial charge in [0.05, 0.1) is 23.3 Å². The lowest BCUT2D eigenvalue weighted by atomic mass is 9.92. The Morgan fingerprint density at radius 3 is 2.28 bits per heavy atom. The average molecular weight is 532 g/mol. The molecule has 9 nitrogen and oxygen atoms in total. The Morgan fingerprint density at radius 1 is 1.00 bits per heavy atom. The van der Waals surface area contributed by atoms with Crippen molar-refractivity contribution in [3.8, 4) is 5.69 Å². The lowest BCUT2D eigenvalue weighted by Gasteiger charge is -2.35. The molecule has 3 aromatic rings. The summed E-state index contributed by atoms with van der Waals surface area (Å²) < 4.78 is 1.76. The van der Waals surface area contributed by atoms with Gasteiger partial charge in [0.1, 0.15) is 11.6 Å². The van der Waals surface area contributed by atoms with E-state index in [0.29, 0.717) is 36.9 Å². The highest BCUT2D eigenvalue weighted by molar-refractivity contribution is 5.99. The normalized spacial score (nSPS) is 14.7. The smallest absolute Gasteiger partial charge is 0.324 e. The summed E-state index contributed by atoms with van der Waals surface area (Å²) >= 11 is 0. The van der Waals surface area contributed by atoms with Gasteiger partial charge in [0.25, 0.3) is 0 Å². The number of amides is 3. The third-order valence-electron chi connectivity index (χ3n) is 7.18. The Kier molecular flexibility index (Phi) is 8.57. The van der Waals surface area contributed by atoms with E-state index in [4.69, 9.17) is 5.10 Å². The monoisotopic (exact) mass is 531 g/mol. The molecule has 9 heteroatoms. The van der Waals surface area contributed by atoms with Gasteiger partial charge < -0.3 is 15.1 Å². The maximum atomic E-state index is 12.9. The van der Waals surface area contributed by atoms with Crippen LogP contribution in [0.2, 0.25) is 0 Å². The number of nitrogens with zero attached hydrogens (tertiary/aromatic N) is 5. The highest BCUT2D eigenvalue weighted by atomic mass is 16.2. The average Bonchev–Trinajstić information content (AvgIpc) is 3.33. The molecule has 0 saturated carbocycles. The number of urea groups is 1. The number of aryl methyl sites for hydroxylation is 1. The Balaban J connectivity index is 1.37. The second-order valence-corrected chi connectivity index (χ2v) is 11.5. The van der Waals surface area contributed by atoms with Crippen molar-refractivity contribution in [2.75, 3.05) is 41.7 Å². The predicted molar refractivity (Wildman–Crippen MR) is 157 cm³/mol. The fraction of sp³-hybridized carbons (Fsp3) is 0.467. The van der Waals surface area contributed by atoms with Gasteiger partial charge in [-0.25, -0.2) is 14.5 Å². The Labute approximate surface area is 231 Å². The molecule has 0 radical (unpaired) electrons. The zero-order valence-electron chi connectivity index (χ0n) is 24.0. The molecule has 1 fully saturated rings. The van der Waals surface area contributed by atoms with E-state index in [9.17, 15) is 9.59 Å². The third-order valence-corrected chi connectivity index (χ3v) is 7.18. The standard InChI is InChI=1S/C30H41N7O2/c1-7-21(2)18-28(38)36-16-14-35(15-17-36)26-13-10-23(20-31-26)32-29(39)33-27-19-25(30(4,5)6)34-37(27)24-11-8-22(3)9-12-24/h8-13,19-21H,7,14-18H2,1-6H3,(H2,32,33,39). The number of rotatable bonds is 7. The van der Waals surface area contributed by atoms with Crippen LogP contribution < -0.4 is 15.5 Å².